The number of carboxylic acids is 1. The lowest BCUT2D eigenvalue weighted by atomic mass is 10.1. The second-order valence-corrected chi connectivity index (χ2v) is 4.96. The topological polar surface area (TPSA) is 50.2 Å². The fraction of sp³-hybridized carbons (Fsp3) is 0.200. The van der Waals surface area contributed by atoms with Gasteiger partial charge in [0.15, 0.2) is 0 Å². The zero-order chi connectivity index (χ0) is 16.9. The molecule has 3 nitrogen and oxygen atoms in total. The maximum atomic E-state index is 12.0. The number of halogens is 3. The third-order valence-electron chi connectivity index (χ3n) is 2.62. The molecule has 7 heteroatoms. The molecule has 0 amide bonds. The number of hydrogen-bond acceptors (Lipinski definition) is 3. The maximum absolute atomic E-state index is 12.0. The number of hydrogen-bond donors (Lipinski definition) is 2. The van der Waals surface area contributed by atoms with Gasteiger partial charge in [0.05, 0.1) is 11.3 Å². The zero-order valence-electron chi connectivity index (χ0n) is 11.8. The van der Waals surface area contributed by atoms with Gasteiger partial charge in [-0.15, -0.1) is 12.6 Å². The van der Waals surface area contributed by atoms with Crippen LogP contribution in [0.15, 0.2) is 41.3 Å². The van der Waals surface area contributed by atoms with Crippen molar-refractivity contribution in [1.82, 2.24) is 4.98 Å². The molecule has 0 atom stereocenters. The number of aromatic carboxylic acids is 1. The number of rotatable bonds is 1. The van der Waals surface area contributed by atoms with Gasteiger partial charge in [0.25, 0.3) is 0 Å². The first-order valence-electron chi connectivity index (χ1n) is 6.15. The van der Waals surface area contributed by atoms with Gasteiger partial charge in [-0.2, -0.15) is 13.2 Å². The number of aromatic nitrogens is 1. The van der Waals surface area contributed by atoms with Crippen LogP contribution in [0.2, 0.25) is 0 Å². The largest absolute Gasteiger partial charge is 0.477 e. The lowest BCUT2D eigenvalue weighted by Gasteiger charge is -2.05. The van der Waals surface area contributed by atoms with E-state index in [0.717, 1.165) is 12.1 Å². The molecular formula is C15H14F3NO2S. The maximum Gasteiger partial charge on any atom is 0.416 e. The highest BCUT2D eigenvalue weighted by atomic mass is 32.1. The van der Waals surface area contributed by atoms with Gasteiger partial charge in [0.2, 0.25) is 0 Å². The van der Waals surface area contributed by atoms with E-state index < -0.39 is 17.7 Å². The van der Waals surface area contributed by atoms with Crippen molar-refractivity contribution in [3.63, 3.8) is 0 Å². The summed E-state index contributed by atoms with van der Waals surface area (Å²) < 4.78 is 35.9. The standard InChI is InChI=1S/C8H7F3.C7H7NO2S/c1-6-3-2-4-7(5-6)8(9,10)11;1-4-6(11)3-2-5(8-4)7(9)10/h2-5H,1H3;2-3,11H,1H3,(H,9,10). The Morgan fingerprint density at radius 3 is 2.23 bits per heavy atom. The number of aryl methyl sites for hydroxylation is 2. The predicted molar refractivity (Wildman–Crippen MR) is 79.4 cm³/mol. The van der Waals surface area contributed by atoms with Crippen molar-refractivity contribution in [3.05, 3.63) is 58.9 Å². The van der Waals surface area contributed by atoms with Crippen molar-refractivity contribution in [2.24, 2.45) is 0 Å². The van der Waals surface area contributed by atoms with Gasteiger partial charge in [0, 0.05) is 4.90 Å². The Labute approximate surface area is 131 Å². The molecule has 0 aliphatic carbocycles. The number of nitrogens with zero attached hydrogens (tertiary/aromatic N) is 1. The predicted octanol–water partition coefficient (Wildman–Crippen LogP) is 4.39. The summed E-state index contributed by atoms with van der Waals surface area (Å²) >= 11 is 4.06. The summed E-state index contributed by atoms with van der Waals surface area (Å²) in [6.07, 6.45) is -4.22. The molecular weight excluding hydrogens is 315 g/mol. The van der Waals surface area contributed by atoms with Crippen LogP contribution in [-0.2, 0) is 6.18 Å². The van der Waals surface area contributed by atoms with E-state index >= 15 is 0 Å². The van der Waals surface area contributed by atoms with E-state index in [2.05, 4.69) is 17.6 Å². The van der Waals surface area contributed by atoms with E-state index in [0.29, 0.717) is 16.2 Å². The van der Waals surface area contributed by atoms with Crippen molar-refractivity contribution in [2.45, 2.75) is 24.9 Å². The Bertz CT molecular complexity index is 672. The molecule has 2 rings (SSSR count). The van der Waals surface area contributed by atoms with E-state index in [1.54, 1.807) is 26.0 Å². The molecule has 1 heterocycles. The van der Waals surface area contributed by atoms with Crippen molar-refractivity contribution >= 4 is 18.6 Å². The van der Waals surface area contributed by atoms with Crippen LogP contribution in [-0.4, -0.2) is 16.1 Å². The molecule has 22 heavy (non-hydrogen) atoms. The van der Waals surface area contributed by atoms with Crippen LogP contribution >= 0.6 is 12.6 Å². The first-order valence-corrected chi connectivity index (χ1v) is 6.59. The van der Waals surface area contributed by atoms with Crippen molar-refractivity contribution in [3.8, 4) is 0 Å². The van der Waals surface area contributed by atoms with Crippen LogP contribution in [0.25, 0.3) is 0 Å². The van der Waals surface area contributed by atoms with Gasteiger partial charge in [-0.05, 0) is 32.0 Å². The summed E-state index contributed by atoms with van der Waals surface area (Å²) in [5.74, 6) is -1.01. The number of alkyl halides is 3. The Morgan fingerprint density at radius 2 is 1.82 bits per heavy atom. The van der Waals surface area contributed by atoms with Crippen molar-refractivity contribution in [1.29, 1.82) is 0 Å². The van der Waals surface area contributed by atoms with Gasteiger partial charge >= 0.3 is 12.1 Å². The molecule has 0 bridgehead atoms. The van der Waals surface area contributed by atoms with E-state index in [1.165, 1.54) is 12.1 Å². The molecule has 1 aromatic carbocycles. The number of thiol groups is 1. The summed E-state index contributed by atoms with van der Waals surface area (Å²) in [6, 6.07) is 8.27. The van der Waals surface area contributed by atoms with Crippen molar-refractivity contribution < 1.29 is 23.1 Å². The van der Waals surface area contributed by atoms with Crippen LogP contribution in [0.5, 0.6) is 0 Å². The molecule has 0 aliphatic heterocycles. The Balaban J connectivity index is 0.000000220. The number of carbonyl (C=O) groups is 1. The first-order chi connectivity index (χ1) is 10.1. The normalized spacial score (nSPS) is 10.6. The highest BCUT2D eigenvalue weighted by molar-refractivity contribution is 7.80. The summed E-state index contributed by atoms with van der Waals surface area (Å²) in [4.78, 5) is 14.9. The molecule has 0 unspecified atom stereocenters. The van der Waals surface area contributed by atoms with Crippen molar-refractivity contribution in [2.75, 3.05) is 0 Å². The third-order valence-corrected chi connectivity index (χ3v) is 3.10. The molecule has 0 radical (unpaired) electrons. The number of carboxylic acid groups (broad SMARTS) is 1. The van der Waals surface area contributed by atoms with Gasteiger partial charge in [-0.1, -0.05) is 23.8 Å². The summed E-state index contributed by atoms with van der Waals surface area (Å²) in [5, 5.41) is 8.51. The Morgan fingerprint density at radius 1 is 1.18 bits per heavy atom. The molecule has 0 spiro atoms. The Kier molecular flexibility index (Phi) is 5.99. The average molecular weight is 329 g/mol. The van der Waals surface area contributed by atoms with Crippen LogP contribution in [0.1, 0.15) is 27.3 Å². The molecule has 0 saturated carbocycles. The number of benzene rings is 1. The molecule has 1 aromatic heterocycles. The zero-order valence-corrected chi connectivity index (χ0v) is 12.7. The van der Waals surface area contributed by atoms with Crippen LogP contribution in [0.4, 0.5) is 13.2 Å². The minimum absolute atomic E-state index is 0.0558. The molecule has 0 fully saturated rings. The summed E-state index contributed by atoms with van der Waals surface area (Å²) in [5.41, 5.74) is 0.728. The fourth-order valence-corrected chi connectivity index (χ4v) is 1.62. The molecule has 0 saturated heterocycles. The molecule has 118 valence electrons. The van der Waals surface area contributed by atoms with E-state index in [4.69, 9.17) is 5.11 Å². The second kappa shape index (κ2) is 7.31. The highest BCUT2D eigenvalue weighted by Gasteiger charge is 2.29. The average Bonchev–Trinajstić information content (AvgIpc) is 2.41. The smallest absolute Gasteiger partial charge is 0.416 e. The minimum Gasteiger partial charge on any atom is -0.477 e. The van der Waals surface area contributed by atoms with Gasteiger partial charge in [-0.3, -0.25) is 0 Å². The van der Waals surface area contributed by atoms with Crippen LogP contribution < -0.4 is 0 Å². The molecule has 1 N–H and O–H groups in total. The second-order valence-electron chi connectivity index (χ2n) is 4.47. The van der Waals surface area contributed by atoms with E-state index in [9.17, 15) is 18.0 Å². The highest BCUT2D eigenvalue weighted by Crippen LogP contribution is 2.29. The quantitative estimate of drug-likeness (QED) is 0.763. The number of pyridine rings is 1. The SMILES string of the molecule is Cc1cccc(C(F)(F)F)c1.Cc1nc(C(=O)O)ccc1S. The Hall–Kier alpha value is -2.02. The van der Waals surface area contributed by atoms with E-state index in [1.807, 2.05) is 0 Å². The lowest BCUT2D eigenvalue weighted by Crippen LogP contribution is -2.04. The third kappa shape index (κ3) is 5.40. The monoisotopic (exact) mass is 329 g/mol. The summed E-state index contributed by atoms with van der Waals surface area (Å²) in [6.45, 7) is 3.35. The fourth-order valence-electron chi connectivity index (χ4n) is 1.49. The first kappa shape index (κ1) is 18.0. The summed E-state index contributed by atoms with van der Waals surface area (Å²) in [7, 11) is 0. The van der Waals surface area contributed by atoms with Gasteiger partial charge in [0.1, 0.15) is 5.69 Å². The van der Waals surface area contributed by atoms with Gasteiger partial charge < -0.3 is 5.11 Å². The van der Waals surface area contributed by atoms with Gasteiger partial charge in [-0.25, -0.2) is 9.78 Å². The lowest BCUT2D eigenvalue weighted by molar-refractivity contribution is -0.137. The molecule has 0 aliphatic rings. The molecule has 2 aromatic rings. The van der Waals surface area contributed by atoms with Crippen LogP contribution in [0.3, 0.4) is 0 Å². The van der Waals surface area contributed by atoms with Crippen LogP contribution in [0, 0.1) is 13.8 Å². The van der Waals surface area contributed by atoms with E-state index in [-0.39, 0.29) is 5.69 Å². The minimum atomic E-state index is -4.22.